The highest BCUT2D eigenvalue weighted by Gasteiger charge is 1.98. The Morgan fingerprint density at radius 1 is 1.29 bits per heavy atom. The fraction of sp³-hybridized carbons (Fsp3) is 0.385. The molecular formula is C13H18O. The van der Waals surface area contributed by atoms with Crippen molar-refractivity contribution in [3.8, 4) is 0 Å². The molecule has 0 saturated heterocycles. The smallest absolute Gasteiger partial charge is 0.0434 e. The van der Waals surface area contributed by atoms with Crippen LogP contribution in [-0.2, 0) is 6.42 Å². The van der Waals surface area contributed by atoms with E-state index in [9.17, 15) is 0 Å². The van der Waals surface area contributed by atoms with Crippen LogP contribution < -0.4 is 0 Å². The van der Waals surface area contributed by atoms with Gasteiger partial charge < -0.3 is 5.11 Å². The molecule has 0 heterocycles. The number of rotatable bonds is 4. The van der Waals surface area contributed by atoms with Gasteiger partial charge in [-0.2, -0.15) is 0 Å². The van der Waals surface area contributed by atoms with Crippen molar-refractivity contribution in [2.45, 2.75) is 26.7 Å². The molecule has 0 aliphatic carbocycles. The van der Waals surface area contributed by atoms with Gasteiger partial charge in [-0.25, -0.2) is 0 Å². The summed E-state index contributed by atoms with van der Waals surface area (Å²) in [4.78, 5) is 0. The first-order chi connectivity index (χ1) is 6.74. The zero-order chi connectivity index (χ0) is 10.4. The molecule has 0 radical (unpaired) electrons. The van der Waals surface area contributed by atoms with E-state index in [-0.39, 0.29) is 6.61 Å². The Bertz CT molecular complexity index is 309. The lowest BCUT2D eigenvalue weighted by Crippen LogP contribution is -1.92. The summed E-state index contributed by atoms with van der Waals surface area (Å²) in [6.45, 7) is 4.47. The summed E-state index contributed by atoms with van der Waals surface area (Å²) in [5, 5.41) is 8.78. The molecule has 1 rings (SSSR count). The molecule has 0 spiro atoms. The van der Waals surface area contributed by atoms with Crippen molar-refractivity contribution in [1.82, 2.24) is 0 Å². The number of allylic oxidation sites excluding steroid dienone is 1. The van der Waals surface area contributed by atoms with Crippen LogP contribution in [0.25, 0.3) is 6.08 Å². The molecule has 0 fully saturated rings. The Labute approximate surface area is 86.1 Å². The van der Waals surface area contributed by atoms with Crippen LogP contribution in [0.4, 0.5) is 0 Å². The Morgan fingerprint density at radius 3 is 2.64 bits per heavy atom. The maximum absolute atomic E-state index is 8.78. The quantitative estimate of drug-likeness (QED) is 0.773. The van der Waals surface area contributed by atoms with Gasteiger partial charge in [0.1, 0.15) is 0 Å². The SMILES string of the molecule is CC(C)=Cc1ccccc1CCCO. The van der Waals surface area contributed by atoms with E-state index in [0.717, 1.165) is 12.8 Å². The summed E-state index contributed by atoms with van der Waals surface area (Å²) in [5.41, 5.74) is 3.91. The first-order valence-electron chi connectivity index (χ1n) is 5.07. The second kappa shape index (κ2) is 5.61. The number of hydrogen-bond acceptors (Lipinski definition) is 1. The van der Waals surface area contributed by atoms with Crippen molar-refractivity contribution in [3.63, 3.8) is 0 Å². The summed E-state index contributed by atoms with van der Waals surface area (Å²) in [5.74, 6) is 0. The van der Waals surface area contributed by atoms with Crippen molar-refractivity contribution in [2.75, 3.05) is 6.61 Å². The van der Waals surface area contributed by atoms with Gasteiger partial charge in [0.25, 0.3) is 0 Å². The van der Waals surface area contributed by atoms with E-state index in [1.165, 1.54) is 16.7 Å². The maximum atomic E-state index is 8.78. The zero-order valence-electron chi connectivity index (χ0n) is 8.96. The van der Waals surface area contributed by atoms with Crippen LogP contribution in [0, 0.1) is 0 Å². The molecule has 1 aromatic rings. The maximum Gasteiger partial charge on any atom is 0.0434 e. The van der Waals surface area contributed by atoms with Crippen molar-refractivity contribution < 1.29 is 5.11 Å². The highest BCUT2D eigenvalue weighted by molar-refractivity contribution is 5.55. The van der Waals surface area contributed by atoms with E-state index < -0.39 is 0 Å². The number of benzene rings is 1. The molecule has 1 aromatic carbocycles. The largest absolute Gasteiger partial charge is 0.396 e. The normalized spacial score (nSPS) is 9.93. The molecule has 0 saturated carbocycles. The van der Waals surface area contributed by atoms with Gasteiger partial charge in [-0.05, 0) is 37.8 Å². The Kier molecular flexibility index (Phi) is 4.41. The molecule has 0 atom stereocenters. The van der Waals surface area contributed by atoms with Crippen molar-refractivity contribution in [3.05, 3.63) is 41.0 Å². The number of aliphatic hydroxyl groups is 1. The molecule has 0 amide bonds. The average Bonchev–Trinajstić information content (AvgIpc) is 2.16. The Hall–Kier alpha value is -1.08. The number of aliphatic hydroxyl groups excluding tert-OH is 1. The van der Waals surface area contributed by atoms with Crippen molar-refractivity contribution in [2.24, 2.45) is 0 Å². The van der Waals surface area contributed by atoms with Crippen LogP contribution in [0.3, 0.4) is 0 Å². The Morgan fingerprint density at radius 2 is 2.00 bits per heavy atom. The minimum absolute atomic E-state index is 0.267. The number of hydrogen-bond donors (Lipinski definition) is 1. The lowest BCUT2D eigenvalue weighted by Gasteiger charge is -2.05. The van der Waals surface area contributed by atoms with Crippen LogP contribution in [0.15, 0.2) is 29.8 Å². The minimum Gasteiger partial charge on any atom is -0.396 e. The molecule has 1 heteroatoms. The van der Waals surface area contributed by atoms with Crippen LogP contribution in [0.5, 0.6) is 0 Å². The summed E-state index contributed by atoms with van der Waals surface area (Å²) in [7, 11) is 0. The molecular weight excluding hydrogens is 172 g/mol. The molecule has 0 unspecified atom stereocenters. The zero-order valence-corrected chi connectivity index (χ0v) is 8.96. The predicted molar refractivity (Wildman–Crippen MR) is 61.2 cm³/mol. The van der Waals surface area contributed by atoms with Crippen LogP contribution in [-0.4, -0.2) is 11.7 Å². The molecule has 0 bridgehead atoms. The van der Waals surface area contributed by atoms with E-state index in [1.807, 2.05) is 0 Å². The van der Waals surface area contributed by atoms with Crippen LogP contribution in [0.1, 0.15) is 31.4 Å². The van der Waals surface area contributed by atoms with E-state index >= 15 is 0 Å². The second-order valence-corrected chi connectivity index (χ2v) is 3.75. The third-order valence-electron chi connectivity index (χ3n) is 2.10. The third-order valence-corrected chi connectivity index (χ3v) is 2.10. The van der Waals surface area contributed by atoms with E-state index in [4.69, 9.17) is 5.11 Å². The fourth-order valence-corrected chi connectivity index (χ4v) is 1.48. The van der Waals surface area contributed by atoms with Crippen LogP contribution >= 0.6 is 0 Å². The summed E-state index contributed by atoms with van der Waals surface area (Å²) in [6, 6.07) is 8.36. The van der Waals surface area contributed by atoms with E-state index in [1.54, 1.807) is 0 Å². The second-order valence-electron chi connectivity index (χ2n) is 3.75. The van der Waals surface area contributed by atoms with E-state index in [2.05, 4.69) is 44.2 Å². The highest BCUT2D eigenvalue weighted by Crippen LogP contribution is 2.14. The fourth-order valence-electron chi connectivity index (χ4n) is 1.48. The molecule has 1 nitrogen and oxygen atoms in total. The van der Waals surface area contributed by atoms with Gasteiger partial charge in [-0.3, -0.25) is 0 Å². The summed E-state index contributed by atoms with van der Waals surface area (Å²) < 4.78 is 0. The van der Waals surface area contributed by atoms with Gasteiger partial charge in [0.05, 0.1) is 0 Å². The highest BCUT2D eigenvalue weighted by atomic mass is 16.2. The Balaban J connectivity index is 2.86. The molecule has 0 aliphatic heterocycles. The number of aryl methyl sites for hydroxylation is 1. The summed E-state index contributed by atoms with van der Waals surface area (Å²) in [6.07, 6.45) is 3.98. The van der Waals surface area contributed by atoms with Gasteiger partial charge in [0.15, 0.2) is 0 Å². The predicted octanol–water partition coefficient (Wildman–Crippen LogP) is 3.03. The van der Waals surface area contributed by atoms with Gasteiger partial charge in [-0.15, -0.1) is 0 Å². The molecule has 76 valence electrons. The molecule has 0 aromatic heterocycles. The van der Waals surface area contributed by atoms with E-state index in [0.29, 0.717) is 0 Å². The van der Waals surface area contributed by atoms with Gasteiger partial charge in [0, 0.05) is 6.61 Å². The standard InChI is InChI=1S/C13H18O/c1-11(2)10-13-7-4-3-6-12(13)8-5-9-14/h3-4,6-7,10,14H,5,8-9H2,1-2H3. The molecule has 14 heavy (non-hydrogen) atoms. The lowest BCUT2D eigenvalue weighted by molar-refractivity contribution is 0.288. The van der Waals surface area contributed by atoms with Gasteiger partial charge >= 0.3 is 0 Å². The van der Waals surface area contributed by atoms with Gasteiger partial charge in [0.2, 0.25) is 0 Å². The van der Waals surface area contributed by atoms with Crippen molar-refractivity contribution >= 4 is 6.08 Å². The lowest BCUT2D eigenvalue weighted by atomic mass is 10.0. The summed E-state index contributed by atoms with van der Waals surface area (Å²) >= 11 is 0. The monoisotopic (exact) mass is 190 g/mol. The van der Waals surface area contributed by atoms with Crippen molar-refractivity contribution in [1.29, 1.82) is 0 Å². The van der Waals surface area contributed by atoms with Crippen LogP contribution in [0.2, 0.25) is 0 Å². The molecule has 1 N–H and O–H groups in total. The minimum atomic E-state index is 0.267. The average molecular weight is 190 g/mol. The topological polar surface area (TPSA) is 20.2 Å². The van der Waals surface area contributed by atoms with Gasteiger partial charge in [-0.1, -0.05) is 35.9 Å². The third kappa shape index (κ3) is 3.35. The first-order valence-corrected chi connectivity index (χ1v) is 5.07. The molecule has 0 aliphatic rings. The first kappa shape index (κ1) is 11.0.